The van der Waals surface area contributed by atoms with Crippen molar-refractivity contribution in [1.29, 1.82) is 0 Å². The third-order valence-electron chi connectivity index (χ3n) is 15.4. The molecule has 1 unspecified atom stereocenters. The average Bonchev–Trinajstić information content (AvgIpc) is 1.75. The number of morpholine rings is 2. The van der Waals surface area contributed by atoms with Gasteiger partial charge in [-0.2, -0.15) is 20.2 Å². The molecule has 0 aliphatic carbocycles. The van der Waals surface area contributed by atoms with Crippen molar-refractivity contribution in [2.45, 2.75) is 97.0 Å². The molecule has 487 valence electrons. The van der Waals surface area contributed by atoms with Crippen molar-refractivity contribution in [2.75, 3.05) is 111 Å². The Labute approximate surface area is 571 Å². The second kappa shape index (κ2) is 32.0. The number of ether oxygens (including phenoxy) is 4. The van der Waals surface area contributed by atoms with Crippen molar-refractivity contribution < 1.29 is 69.4 Å². The van der Waals surface area contributed by atoms with Crippen LogP contribution in [-0.4, -0.2) is 226 Å². The Morgan fingerprint density at radius 3 is 1.35 bits per heavy atom. The van der Waals surface area contributed by atoms with Gasteiger partial charge in [-0.1, -0.05) is 60.7 Å². The number of amides is 2. The van der Waals surface area contributed by atoms with Crippen molar-refractivity contribution in [2.24, 2.45) is 0 Å². The predicted octanol–water partition coefficient (Wildman–Crippen LogP) is 1.87. The first-order valence-corrected chi connectivity index (χ1v) is 30.9. The van der Waals surface area contributed by atoms with Gasteiger partial charge >= 0.3 is 41.7 Å². The van der Waals surface area contributed by atoms with Crippen LogP contribution in [0.15, 0.2) is 123 Å². The van der Waals surface area contributed by atoms with Crippen LogP contribution in [0.5, 0.6) is 0 Å². The van der Waals surface area contributed by atoms with Gasteiger partial charge in [-0.15, -0.1) is 0 Å². The van der Waals surface area contributed by atoms with Gasteiger partial charge in [-0.05, 0) is 58.2 Å². The van der Waals surface area contributed by atoms with Gasteiger partial charge in [0, 0.05) is 135 Å². The summed E-state index contributed by atoms with van der Waals surface area (Å²) in [5.41, 5.74) is 3.39. The molecule has 4 fully saturated rings. The van der Waals surface area contributed by atoms with E-state index in [9.17, 15) is 19.5 Å². The average molecular weight is 1290 g/mol. The summed E-state index contributed by atoms with van der Waals surface area (Å²) in [5.74, 6) is 3.70. The van der Waals surface area contributed by atoms with E-state index in [0.29, 0.717) is 170 Å². The Bertz CT molecular complexity index is 3730. The number of aliphatic hydroxyl groups excluding tert-OH is 1. The zero-order valence-corrected chi connectivity index (χ0v) is 56.3. The summed E-state index contributed by atoms with van der Waals surface area (Å²) >= 11 is 0. The molecule has 30 heteroatoms. The Morgan fingerprint density at radius 2 is 0.926 bits per heavy atom. The quantitative estimate of drug-likeness (QED) is 0.107. The number of aliphatic hydroxyl groups is 1. The number of anilines is 4. The van der Waals surface area contributed by atoms with Crippen LogP contribution < -0.4 is 49.2 Å². The van der Waals surface area contributed by atoms with Gasteiger partial charge in [-0.3, -0.25) is 14.2 Å². The fraction of sp³-hybridized carbons (Fsp3) is 0.453. The van der Waals surface area contributed by atoms with Crippen molar-refractivity contribution in [3.8, 4) is 0 Å². The molecule has 8 aromatic rings. The molecule has 28 nitrogen and oxygen atoms in total. The maximum atomic E-state index is 12.7. The standard InChI is InChI=1S/C32H40N10O4.C32H38N10O4.B.Na.H/c2*1-32(2,3)46-31(44)41-13-14-45-26(20-41)21-42-19-23(16-37-42)15-27-35-22-36-30(38-27)40-11-9-39(10-12-40)29-33-17-25(18-34-29)28(43)24-7-5-4-6-8-24;;;/h4-8,16-19,22,26,28,43H,9-15,20-21H2,1-3H3;4-8,16-19,22,26H,9-15,20-21H2,1-3H3;;;/q;;;+1;-1/t26-,28?;26-;;;/m00.../s1. The van der Waals surface area contributed by atoms with E-state index >= 15 is 0 Å². The molecule has 10 heterocycles. The van der Waals surface area contributed by atoms with Crippen molar-refractivity contribution in [3.05, 3.63) is 168 Å². The van der Waals surface area contributed by atoms with Gasteiger partial charge in [0.2, 0.25) is 23.8 Å². The molecule has 0 bridgehead atoms. The normalized spacial score (nSPS) is 17.2. The van der Waals surface area contributed by atoms with Crippen LogP contribution in [-0.2, 0) is 44.9 Å². The number of aromatic nitrogens is 14. The number of carbonyl (C=O) groups is 3. The molecule has 12 rings (SSSR count). The van der Waals surface area contributed by atoms with E-state index in [0.717, 1.165) is 16.7 Å². The summed E-state index contributed by atoms with van der Waals surface area (Å²) in [4.78, 5) is 94.6. The molecule has 4 aliphatic heterocycles. The molecule has 4 aliphatic rings. The molecule has 94 heavy (non-hydrogen) atoms. The molecule has 2 amide bonds. The third kappa shape index (κ3) is 19.3. The number of rotatable bonds is 16. The Hall–Kier alpha value is -8.61. The van der Waals surface area contributed by atoms with E-state index in [-0.39, 0.29) is 69.6 Å². The van der Waals surface area contributed by atoms with Gasteiger partial charge in [0.25, 0.3) is 0 Å². The van der Waals surface area contributed by atoms with E-state index in [1.54, 1.807) is 71.8 Å². The second-order valence-electron chi connectivity index (χ2n) is 24.8. The summed E-state index contributed by atoms with van der Waals surface area (Å²) in [6.07, 6.45) is 16.4. The fourth-order valence-electron chi connectivity index (χ4n) is 10.8. The first-order chi connectivity index (χ1) is 44.4. The van der Waals surface area contributed by atoms with E-state index in [1.165, 1.54) is 0 Å². The van der Waals surface area contributed by atoms with Crippen LogP contribution in [0, 0.1) is 0 Å². The summed E-state index contributed by atoms with van der Waals surface area (Å²) in [7, 11) is 0. The maximum Gasteiger partial charge on any atom is 1.00 e. The molecule has 3 radical (unpaired) electrons. The molecule has 3 atom stereocenters. The molecular weight excluding hydrogens is 1210 g/mol. The van der Waals surface area contributed by atoms with Crippen LogP contribution in [0.4, 0.5) is 33.4 Å². The number of hydrogen-bond acceptors (Lipinski definition) is 24. The topological polar surface area (TPSA) is 292 Å². The Balaban J connectivity index is 0.000000236. The van der Waals surface area contributed by atoms with Gasteiger partial charge in [0.15, 0.2) is 5.78 Å². The van der Waals surface area contributed by atoms with Gasteiger partial charge in [0.05, 0.1) is 69.6 Å². The number of ketones is 1. The van der Waals surface area contributed by atoms with Gasteiger partial charge in [-0.25, -0.2) is 49.5 Å². The fourth-order valence-corrected chi connectivity index (χ4v) is 10.8. The van der Waals surface area contributed by atoms with E-state index in [4.69, 9.17) is 28.9 Å². The number of carbonyl (C=O) groups excluding carboxylic acids is 3. The molecule has 0 spiro atoms. The van der Waals surface area contributed by atoms with Crippen LogP contribution in [0.1, 0.15) is 98.9 Å². The van der Waals surface area contributed by atoms with Crippen molar-refractivity contribution in [1.82, 2.24) is 79.2 Å². The number of benzene rings is 2. The van der Waals surface area contributed by atoms with E-state index in [1.807, 2.05) is 112 Å². The SMILES string of the molecule is CC(C)(C)OC(=O)N1CCO[C@H](Cn2cc(Cc3ncnc(N4CCN(c5ncc(C(=O)c6ccccc6)cn5)CC4)n3)cn2)C1.CC(C)(C)OC(=O)N1CCO[C@H](Cn2cc(Cc3ncnc(N4CCN(c5ncc(C(O)c6ccccc6)cn5)CC4)n3)cn2)C1.[B].[H-].[Na+]. The third-order valence-corrected chi connectivity index (χ3v) is 15.4. The Morgan fingerprint density at radius 1 is 0.521 bits per heavy atom. The Kier molecular flexibility index (Phi) is 23.8. The summed E-state index contributed by atoms with van der Waals surface area (Å²) in [6.45, 7) is 20.6. The minimum Gasteiger partial charge on any atom is -1.00 e. The van der Waals surface area contributed by atoms with E-state index < -0.39 is 17.3 Å². The van der Waals surface area contributed by atoms with Crippen LogP contribution in [0.3, 0.4) is 0 Å². The zero-order valence-electron chi connectivity index (χ0n) is 55.3. The minimum atomic E-state index is -0.762. The summed E-state index contributed by atoms with van der Waals surface area (Å²) in [5, 5.41) is 19.7. The van der Waals surface area contributed by atoms with Crippen molar-refractivity contribution in [3.63, 3.8) is 0 Å². The van der Waals surface area contributed by atoms with Crippen LogP contribution in [0.25, 0.3) is 0 Å². The predicted molar refractivity (Wildman–Crippen MR) is 345 cm³/mol. The summed E-state index contributed by atoms with van der Waals surface area (Å²) < 4.78 is 26.5. The van der Waals surface area contributed by atoms with E-state index in [2.05, 4.69) is 69.7 Å². The molecular formula is C64H79BN20NaO8. The molecule has 2 aromatic carbocycles. The minimum absolute atomic E-state index is 0. The molecule has 6 aromatic heterocycles. The monoisotopic (exact) mass is 1290 g/mol. The second-order valence-corrected chi connectivity index (χ2v) is 24.8. The summed E-state index contributed by atoms with van der Waals surface area (Å²) in [6, 6.07) is 18.6. The van der Waals surface area contributed by atoms with Crippen molar-refractivity contribution >= 4 is 50.2 Å². The molecule has 4 saturated heterocycles. The largest absolute Gasteiger partial charge is 1.00 e. The first-order valence-electron chi connectivity index (χ1n) is 30.9. The maximum absolute atomic E-state index is 12.7. The first kappa shape index (κ1) is 69.7. The number of piperazine rings is 2. The molecule has 0 saturated carbocycles. The number of nitrogens with zero attached hydrogens (tertiary/aromatic N) is 20. The van der Waals surface area contributed by atoms with Crippen LogP contribution in [0.2, 0.25) is 0 Å². The van der Waals surface area contributed by atoms with Gasteiger partial charge in [0.1, 0.15) is 41.6 Å². The molecule has 1 N–H and O–H groups in total. The number of hydrogen-bond donors (Lipinski definition) is 1. The smallest absolute Gasteiger partial charge is 1.00 e. The van der Waals surface area contributed by atoms with Gasteiger partial charge < -0.3 is 54.9 Å². The van der Waals surface area contributed by atoms with Crippen LogP contribution >= 0.6 is 0 Å². The zero-order chi connectivity index (χ0) is 64.2.